The third-order valence-electron chi connectivity index (χ3n) is 1.84. The van der Waals surface area contributed by atoms with Crippen LogP contribution in [-0.4, -0.2) is 19.1 Å². The molecule has 2 aromatic rings. The highest BCUT2D eigenvalue weighted by molar-refractivity contribution is 5.15. The van der Waals surface area contributed by atoms with Crippen LogP contribution in [0, 0.1) is 6.92 Å². The normalized spacial score (nSPS) is 10.5. The van der Waals surface area contributed by atoms with Crippen molar-refractivity contribution in [2.24, 2.45) is 7.05 Å². The van der Waals surface area contributed by atoms with Crippen molar-refractivity contribution in [1.82, 2.24) is 19.1 Å². The van der Waals surface area contributed by atoms with Gasteiger partial charge in [0.25, 0.3) is 0 Å². The van der Waals surface area contributed by atoms with Crippen LogP contribution in [0.5, 0.6) is 0 Å². The molecule has 62 valence electrons. The first kappa shape index (κ1) is 7.09. The largest absolute Gasteiger partial charge is 0.320 e. The van der Waals surface area contributed by atoms with Crippen LogP contribution in [0.25, 0.3) is 5.95 Å². The van der Waals surface area contributed by atoms with Crippen LogP contribution < -0.4 is 0 Å². The zero-order chi connectivity index (χ0) is 8.55. The second-order valence-corrected chi connectivity index (χ2v) is 2.68. The van der Waals surface area contributed by atoms with Crippen molar-refractivity contribution in [3.05, 3.63) is 30.6 Å². The van der Waals surface area contributed by atoms with Gasteiger partial charge in [0.15, 0.2) is 0 Å². The van der Waals surface area contributed by atoms with Crippen LogP contribution in [0.15, 0.2) is 24.8 Å². The van der Waals surface area contributed by atoms with E-state index in [1.54, 1.807) is 12.4 Å². The molecule has 2 aromatic heterocycles. The highest BCUT2D eigenvalue weighted by Gasteiger charge is 2.03. The van der Waals surface area contributed by atoms with Crippen LogP contribution in [0.2, 0.25) is 0 Å². The van der Waals surface area contributed by atoms with Gasteiger partial charge in [0, 0.05) is 31.8 Å². The van der Waals surface area contributed by atoms with Crippen molar-refractivity contribution in [2.45, 2.75) is 6.92 Å². The monoisotopic (exact) mass is 162 g/mol. The minimum absolute atomic E-state index is 0.894. The Morgan fingerprint density at radius 2 is 1.92 bits per heavy atom. The topological polar surface area (TPSA) is 35.6 Å². The van der Waals surface area contributed by atoms with Crippen LogP contribution in [0.4, 0.5) is 0 Å². The molecule has 0 fully saturated rings. The molecule has 0 N–H and O–H groups in total. The molecule has 0 aromatic carbocycles. The average molecular weight is 162 g/mol. The molecule has 0 radical (unpaired) electrons. The van der Waals surface area contributed by atoms with Gasteiger partial charge >= 0.3 is 0 Å². The van der Waals surface area contributed by atoms with Gasteiger partial charge in [-0.15, -0.1) is 0 Å². The van der Waals surface area contributed by atoms with Crippen molar-refractivity contribution in [3.63, 3.8) is 0 Å². The number of nitrogens with zero attached hydrogens (tertiary/aromatic N) is 4. The second kappa shape index (κ2) is 2.48. The molecule has 0 bridgehead atoms. The van der Waals surface area contributed by atoms with E-state index in [-0.39, 0.29) is 0 Å². The van der Waals surface area contributed by atoms with Crippen molar-refractivity contribution < 1.29 is 0 Å². The van der Waals surface area contributed by atoms with E-state index >= 15 is 0 Å². The number of aryl methyl sites for hydroxylation is 2. The smallest absolute Gasteiger partial charge is 0.214 e. The molecule has 0 spiro atoms. The third kappa shape index (κ3) is 0.922. The van der Waals surface area contributed by atoms with Crippen LogP contribution in [-0.2, 0) is 7.05 Å². The van der Waals surface area contributed by atoms with E-state index in [2.05, 4.69) is 9.97 Å². The Balaban J connectivity index is 2.57. The zero-order valence-corrected chi connectivity index (χ0v) is 7.10. The Morgan fingerprint density at radius 3 is 2.42 bits per heavy atom. The first-order chi connectivity index (χ1) is 5.79. The van der Waals surface area contributed by atoms with Crippen molar-refractivity contribution in [2.75, 3.05) is 0 Å². The van der Waals surface area contributed by atoms with Gasteiger partial charge in [-0.3, -0.25) is 4.57 Å². The molecular formula is C8H10N4. The minimum Gasteiger partial charge on any atom is -0.320 e. The van der Waals surface area contributed by atoms with Gasteiger partial charge in [0.2, 0.25) is 5.95 Å². The Bertz CT molecular complexity index is 347. The van der Waals surface area contributed by atoms with Crippen molar-refractivity contribution in [3.8, 4) is 5.95 Å². The predicted octanol–water partition coefficient (Wildman–Crippen LogP) is 0.914. The fourth-order valence-electron chi connectivity index (χ4n) is 1.18. The van der Waals surface area contributed by atoms with Crippen LogP contribution >= 0.6 is 0 Å². The van der Waals surface area contributed by atoms with E-state index in [0.29, 0.717) is 0 Å². The molecule has 0 unspecified atom stereocenters. The third-order valence-corrected chi connectivity index (χ3v) is 1.84. The van der Waals surface area contributed by atoms with E-state index in [4.69, 9.17) is 0 Å². The zero-order valence-electron chi connectivity index (χ0n) is 7.10. The van der Waals surface area contributed by atoms with Crippen molar-refractivity contribution >= 4 is 0 Å². The lowest BCUT2D eigenvalue weighted by Gasteiger charge is -2.02. The Morgan fingerprint density at radius 1 is 1.17 bits per heavy atom. The van der Waals surface area contributed by atoms with E-state index in [0.717, 1.165) is 11.8 Å². The van der Waals surface area contributed by atoms with Gasteiger partial charge in [0.1, 0.15) is 5.82 Å². The summed E-state index contributed by atoms with van der Waals surface area (Å²) in [7, 11) is 1.96. The predicted molar refractivity (Wildman–Crippen MR) is 45.1 cm³/mol. The number of imidazole rings is 2. The summed E-state index contributed by atoms with van der Waals surface area (Å²) in [5, 5.41) is 0. The Kier molecular flexibility index (Phi) is 1.46. The molecular weight excluding hydrogens is 152 g/mol. The maximum absolute atomic E-state index is 4.20. The molecule has 0 atom stereocenters. The van der Waals surface area contributed by atoms with Gasteiger partial charge in [0.05, 0.1) is 0 Å². The van der Waals surface area contributed by atoms with E-state index < -0.39 is 0 Å². The SMILES string of the molecule is Cc1nccn1-c1nccn1C. The van der Waals surface area contributed by atoms with Crippen LogP contribution in [0.3, 0.4) is 0 Å². The lowest BCUT2D eigenvalue weighted by atomic mass is 10.7. The van der Waals surface area contributed by atoms with Crippen molar-refractivity contribution in [1.29, 1.82) is 0 Å². The lowest BCUT2D eigenvalue weighted by Crippen LogP contribution is -2.03. The number of hydrogen-bond acceptors (Lipinski definition) is 2. The summed E-state index contributed by atoms with van der Waals surface area (Å²) in [5.74, 6) is 1.84. The average Bonchev–Trinajstić information content (AvgIpc) is 2.59. The van der Waals surface area contributed by atoms with Gasteiger partial charge in [-0.2, -0.15) is 0 Å². The van der Waals surface area contributed by atoms with E-state index in [9.17, 15) is 0 Å². The van der Waals surface area contributed by atoms with E-state index in [1.165, 1.54) is 0 Å². The van der Waals surface area contributed by atoms with Gasteiger partial charge in [-0.05, 0) is 6.92 Å². The first-order valence-corrected chi connectivity index (χ1v) is 3.76. The molecule has 2 rings (SSSR count). The van der Waals surface area contributed by atoms with E-state index in [1.807, 2.05) is 35.5 Å². The second-order valence-electron chi connectivity index (χ2n) is 2.68. The quantitative estimate of drug-likeness (QED) is 0.625. The number of aromatic nitrogens is 4. The lowest BCUT2D eigenvalue weighted by molar-refractivity contribution is 0.798. The molecule has 4 heteroatoms. The standard InChI is InChI=1S/C8H10N4/c1-7-9-4-6-12(7)8-10-3-5-11(8)2/h3-6H,1-2H3. The molecule has 0 saturated heterocycles. The van der Waals surface area contributed by atoms with Gasteiger partial charge in [-0.1, -0.05) is 0 Å². The fraction of sp³-hybridized carbons (Fsp3) is 0.250. The summed E-state index contributed by atoms with van der Waals surface area (Å²) in [5.41, 5.74) is 0. The summed E-state index contributed by atoms with van der Waals surface area (Å²) >= 11 is 0. The summed E-state index contributed by atoms with van der Waals surface area (Å²) in [6.07, 6.45) is 7.35. The summed E-state index contributed by atoms with van der Waals surface area (Å²) in [6.45, 7) is 1.95. The fourth-order valence-corrected chi connectivity index (χ4v) is 1.18. The molecule has 0 aliphatic carbocycles. The Hall–Kier alpha value is -1.58. The molecule has 0 amide bonds. The maximum atomic E-state index is 4.20. The minimum atomic E-state index is 0.894. The number of hydrogen-bond donors (Lipinski definition) is 0. The van der Waals surface area contributed by atoms with Crippen LogP contribution in [0.1, 0.15) is 5.82 Å². The van der Waals surface area contributed by atoms with Gasteiger partial charge in [-0.25, -0.2) is 9.97 Å². The molecule has 0 aliphatic rings. The Labute approximate surface area is 70.5 Å². The molecule has 2 heterocycles. The summed E-state index contributed by atoms with van der Waals surface area (Å²) < 4.78 is 3.90. The maximum Gasteiger partial charge on any atom is 0.214 e. The summed E-state index contributed by atoms with van der Waals surface area (Å²) in [6, 6.07) is 0. The van der Waals surface area contributed by atoms with Gasteiger partial charge < -0.3 is 4.57 Å². The first-order valence-electron chi connectivity index (χ1n) is 3.76. The highest BCUT2D eigenvalue weighted by atomic mass is 15.2. The summed E-state index contributed by atoms with van der Waals surface area (Å²) in [4.78, 5) is 8.33. The molecule has 12 heavy (non-hydrogen) atoms. The number of rotatable bonds is 1. The molecule has 0 saturated carbocycles. The highest BCUT2D eigenvalue weighted by Crippen LogP contribution is 2.05. The molecule has 4 nitrogen and oxygen atoms in total. The molecule has 0 aliphatic heterocycles.